The summed E-state index contributed by atoms with van der Waals surface area (Å²) in [6, 6.07) is 0. The summed E-state index contributed by atoms with van der Waals surface area (Å²) in [5.74, 6) is -3.44. The number of rotatable bonds is 4. The fourth-order valence-electron chi connectivity index (χ4n) is 2.52. The van der Waals surface area contributed by atoms with Crippen LogP contribution < -0.4 is 0 Å². The Labute approximate surface area is 109 Å². The number of nitrogens with one attached hydrogen (secondary N) is 1. The Bertz CT molecular complexity index is 413. The van der Waals surface area contributed by atoms with E-state index in [9.17, 15) is 13.6 Å². The van der Waals surface area contributed by atoms with E-state index in [0.29, 0.717) is 5.82 Å². The van der Waals surface area contributed by atoms with E-state index >= 15 is 0 Å². The molecule has 1 aromatic rings. The molecule has 5 nitrogen and oxygen atoms in total. The van der Waals surface area contributed by atoms with Gasteiger partial charge in [0.05, 0.1) is 6.61 Å². The van der Waals surface area contributed by atoms with Crippen molar-refractivity contribution in [2.75, 3.05) is 6.61 Å². The van der Waals surface area contributed by atoms with Crippen LogP contribution in [0.15, 0.2) is 6.33 Å². The molecule has 19 heavy (non-hydrogen) atoms. The number of aromatic amines is 1. The summed E-state index contributed by atoms with van der Waals surface area (Å²) < 4.78 is 31.4. The van der Waals surface area contributed by atoms with Gasteiger partial charge >= 0.3 is 5.97 Å². The Kier molecular flexibility index (Phi) is 4.11. The fraction of sp³-hybridized carbons (Fsp3) is 0.750. The average molecular weight is 273 g/mol. The Morgan fingerprint density at radius 3 is 2.79 bits per heavy atom. The Morgan fingerprint density at radius 2 is 2.26 bits per heavy atom. The predicted molar refractivity (Wildman–Crippen MR) is 62.7 cm³/mol. The van der Waals surface area contributed by atoms with E-state index < -0.39 is 17.8 Å². The minimum absolute atomic E-state index is 0.174. The molecular formula is C12H17F2N3O2. The molecule has 2 rings (SSSR count). The van der Waals surface area contributed by atoms with Gasteiger partial charge in [-0.05, 0) is 25.7 Å². The number of aromatic nitrogens is 3. The van der Waals surface area contributed by atoms with Crippen molar-refractivity contribution in [1.82, 2.24) is 15.2 Å². The predicted octanol–water partition coefficient (Wildman–Crippen LogP) is 2.28. The maximum Gasteiger partial charge on any atom is 0.316 e. The highest BCUT2D eigenvalue weighted by Crippen LogP contribution is 2.41. The normalized spacial score (nSPS) is 21.0. The lowest BCUT2D eigenvalue weighted by atomic mass is 9.78. The first-order valence-corrected chi connectivity index (χ1v) is 6.43. The van der Waals surface area contributed by atoms with Crippen LogP contribution in [0.3, 0.4) is 0 Å². The summed E-state index contributed by atoms with van der Waals surface area (Å²) in [5.41, 5.74) is 0. The summed E-state index contributed by atoms with van der Waals surface area (Å²) >= 11 is 0. The van der Waals surface area contributed by atoms with Crippen molar-refractivity contribution in [2.45, 2.75) is 44.4 Å². The molecule has 1 aliphatic rings. The number of esters is 1. The lowest BCUT2D eigenvalue weighted by molar-refractivity contribution is -0.148. The van der Waals surface area contributed by atoms with E-state index in [-0.39, 0.29) is 38.2 Å². The third-order valence-corrected chi connectivity index (χ3v) is 3.50. The van der Waals surface area contributed by atoms with Gasteiger partial charge in [0.15, 0.2) is 0 Å². The fourth-order valence-corrected chi connectivity index (χ4v) is 2.52. The molecule has 1 aliphatic carbocycles. The van der Waals surface area contributed by atoms with Gasteiger partial charge in [-0.15, -0.1) is 0 Å². The molecule has 0 saturated heterocycles. The summed E-state index contributed by atoms with van der Waals surface area (Å²) in [6.07, 6.45) is 1.50. The molecule has 0 aromatic carbocycles. The molecule has 0 spiro atoms. The zero-order chi connectivity index (χ0) is 13.9. The molecule has 1 atom stereocenters. The number of hydrogen-bond donors (Lipinski definition) is 1. The molecular weight excluding hydrogens is 256 g/mol. The van der Waals surface area contributed by atoms with Gasteiger partial charge in [0.25, 0.3) is 0 Å². The third kappa shape index (κ3) is 3.27. The van der Waals surface area contributed by atoms with Crippen molar-refractivity contribution in [2.24, 2.45) is 5.92 Å². The van der Waals surface area contributed by atoms with Gasteiger partial charge in [0.1, 0.15) is 18.1 Å². The Balaban J connectivity index is 2.12. The summed E-state index contributed by atoms with van der Waals surface area (Å²) in [5, 5.41) is 6.36. The van der Waals surface area contributed by atoms with Crippen LogP contribution in [-0.2, 0) is 9.53 Å². The number of ether oxygens (including phenoxy) is 1. The molecule has 1 heterocycles. The second-order valence-corrected chi connectivity index (χ2v) is 4.79. The van der Waals surface area contributed by atoms with E-state index in [1.807, 2.05) is 0 Å². The van der Waals surface area contributed by atoms with E-state index in [1.54, 1.807) is 6.92 Å². The Morgan fingerprint density at radius 1 is 1.58 bits per heavy atom. The van der Waals surface area contributed by atoms with Crippen LogP contribution in [0.1, 0.15) is 44.3 Å². The molecule has 1 saturated carbocycles. The van der Waals surface area contributed by atoms with Gasteiger partial charge in [0.2, 0.25) is 5.92 Å². The zero-order valence-electron chi connectivity index (χ0n) is 10.7. The quantitative estimate of drug-likeness (QED) is 0.854. The average Bonchev–Trinajstić information content (AvgIpc) is 2.85. The number of hydrogen-bond acceptors (Lipinski definition) is 4. The highest BCUT2D eigenvalue weighted by Gasteiger charge is 2.41. The molecule has 0 radical (unpaired) electrons. The summed E-state index contributed by atoms with van der Waals surface area (Å²) in [6.45, 7) is 1.97. The van der Waals surface area contributed by atoms with E-state index in [0.717, 1.165) is 0 Å². The van der Waals surface area contributed by atoms with Crippen molar-refractivity contribution >= 4 is 5.97 Å². The van der Waals surface area contributed by atoms with Crippen LogP contribution in [0, 0.1) is 5.92 Å². The second-order valence-electron chi connectivity index (χ2n) is 4.79. The lowest BCUT2D eigenvalue weighted by Crippen LogP contribution is -2.32. The monoisotopic (exact) mass is 273 g/mol. The molecule has 106 valence electrons. The molecule has 7 heteroatoms. The number of halogens is 2. The van der Waals surface area contributed by atoms with E-state index in [2.05, 4.69) is 15.2 Å². The minimum atomic E-state index is -2.61. The van der Waals surface area contributed by atoms with Crippen molar-refractivity contribution in [1.29, 1.82) is 0 Å². The largest absolute Gasteiger partial charge is 0.465 e. The van der Waals surface area contributed by atoms with Gasteiger partial charge < -0.3 is 4.74 Å². The maximum atomic E-state index is 13.2. The van der Waals surface area contributed by atoms with Crippen molar-refractivity contribution in [3.63, 3.8) is 0 Å². The van der Waals surface area contributed by atoms with Crippen molar-refractivity contribution in [3.05, 3.63) is 12.2 Å². The standard InChI is InChI=1S/C12H17F2N3O2/c1-2-19-11(18)9(10-15-7-16-17-10)8-3-5-12(13,14)6-4-8/h7-9H,2-6H2,1H3,(H,15,16,17). The van der Waals surface area contributed by atoms with Crippen molar-refractivity contribution in [3.8, 4) is 0 Å². The van der Waals surface area contributed by atoms with Crippen LogP contribution in [0.25, 0.3) is 0 Å². The highest BCUT2D eigenvalue weighted by atomic mass is 19.3. The number of nitrogens with zero attached hydrogens (tertiary/aromatic N) is 2. The smallest absolute Gasteiger partial charge is 0.316 e. The first kappa shape index (κ1) is 13.9. The summed E-state index contributed by atoms with van der Waals surface area (Å²) in [4.78, 5) is 16.0. The van der Waals surface area contributed by atoms with E-state index in [4.69, 9.17) is 4.74 Å². The zero-order valence-corrected chi connectivity index (χ0v) is 10.7. The number of H-pyrrole nitrogens is 1. The maximum absolute atomic E-state index is 13.2. The van der Waals surface area contributed by atoms with Gasteiger partial charge in [-0.25, -0.2) is 13.8 Å². The first-order chi connectivity index (χ1) is 9.03. The lowest BCUT2D eigenvalue weighted by Gasteiger charge is -2.31. The SMILES string of the molecule is CCOC(=O)C(c1ncn[nH]1)C1CCC(F)(F)CC1. The second kappa shape index (κ2) is 5.63. The van der Waals surface area contributed by atoms with Crippen LogP contribution in [0.4, 0.5) is 8.78 Å². The van der Waals surface area contributed by atoms with Crippen LogP contribution in [-0.4, -0.2) is 33.7 Å². The van der Waals surface area contributed by atoms with Crippen molar-refractivity contribution < 1.29 is 18.3 Å². The van der Waals surface area contributed by atoms with Crippen LogP contribution >= 0.6 is 0 Å². The van der Waals surface area contributed by atoms with Gasteiger partial charge in [-0.3, -0.25) is 9.89 Å². The van der Waals surface area contributed by atoms with Gasteiger partial charge in [-0.1, -0.05) is 0 Å². The highest BCUT2D eigenvalue weighted by molar-refractivity contribution is 5.77. The topological polar surface area (TPSA) is 67.9 Å². The third-order valence-electron chi connectivity index (χ3n) is 3.50. The van der Waals surface area contributed by atoms with E-state index in [1.165, 1.54) is 6.33 Å². The number of carbonyl (C=O) groups is 1. The number of alkyl halides is 2. The molecule has 1 aromatic heterocycles. The minimum Gasteiger partial charge on any atom is -0.465 e. The van der Waals surface area contributed by atoms with Crippen LogP contribution in [0.5, 0.6) is 0 Å². The van der Waals surface area contributed by atoms with Gasteiger partial charge in [-0.2, -0.15) is 5.10 Å². The molecule has 1 fully saturated rings. The Hall–Kier alpha value is -1.53. The first-order valence-electron chi connectivity index (χ1n) is 6.43. The summed E-state index contributed by atoms with van der Waals surface area (Å²) in [7, 11) is 0. The molecule has 1 N–H and O–H groups in total. The van der Waals surface area contributed by atoms with Gasteiger partial charge in [0, 0.05) is 12.8 Å². The molecule has 0 aliphatic heterocycles. The number of carbonyl (C=O) groups excluding carboxylic acids is 1. The molecule has 1 unspecified atom stereocenters. The van der Waals surface area contributed by atoms with Crippen LogP contribution in [0.2, 0.25) is 0 Å². The molecule has 0 amide bonds. The molecule has 0 bridgehead atoms.